The van der Waals surface area contributed by atoms with Gasteiger partial charge in [0.15, 0.2) is 0 Å². The highest BCUT2D eigenvalue weighted by Crippen LogP contribution is 2.27. The van der Waals surface area contributed by atoms with Crippen LogP contribution < -0.4 is 5.32 Å². The molecular formula is C12H24N2S. The van der Waals surface area contributed by atoms with Crippen molar-refractivity contribution >= 4 is 11.8 Å². The molecule has 0 aromatic rings. The highest BCUT2D eigenvalue weighted by molar-refractivity contribution is 7.99. The zero-order valence-corrected chi connectivity index (χ0v) is 10.9. The number of rotatable bonds is 5. The normalized spacial score (nSPS) is 36.8. The average Bonchev–Trinajstić information content (AvgIpc) is 2.28. The Labute approximate surface area is 98.2 Å². The van der Waals surface area contributed by atoms with Gasteiger partial charge in [0, 0.05) is 24.4 Å². The number of thioether (sulfide) groups is 1. The Balaban J connectivity index is 1.74. The van der Waals surface area contributed by atoms with Crippen LogP contribution in [0.2, 0.25) is 0 Å². The molecule has 0 aromatic heterocycles. The summed E-state index contributed by atoms with van der Waals surface area (Å²) in [5.41, 5.74) is 0. The molecule has 0 spiro atoms. The zero-order chi connectivity index (χ0) is 10.7. The summed E-state index contributed by atoms with van der Waals surface area (Å²) in [5, 5.41) is 3.82. The molecule has 15 heavy (non-hydrogen) atoms. The van der Waals surface area contributed by atoms with Crippen LogP contribution in [-0.2, 0) is 0 Å². The van der Waals surface area contributed by atoms with Gasteiger partial charge >= 0.3 is 0 Å². The fourth-order valence-corrected chi connectivity index (χ4v) is 3.55. The number of hydrogen-bond acceptors (Lipinski definition) is 3. The predicted octanol–water partition coefficient (Wildman–Crippen LogP) is 1.81. The Bertz CT molecular complexity index is 190. The fourth-order valence-electron chi connectivity index (χ4n) is 2.86. The number of nitrogens with zero attached hydrogens (tertiary/aromatic N) is 1. The molecule has 0 radical (unpaired) electrons. The van der Waals surface area contributed by atoms with E-state index in [1.165, 1.54) is 44.0 Å². The van der Waals surface area contributed by atoms with Crippen molar-refractivity contribution in [1.82, 2.24) is 10.2 Å². The molecule has 2 nitrogen and oxygen atoms in total. The van der Waals surface area contributed by atoms with E-state index in [1.54, 1.807) is 0 Å². The minimum absolute atomic E-state index is 0.681. The number of piperidine rings is 3. The van der Waals surface area contributed by atoms with Gasteiger partial charge in [0.25, 0.3) is 0 Å². The molecule has 2 atom stereocenters. The minimum Gasteiger partial charge on any atom is -0.309 e. The van der Waals surface area contributed by atoms with Crippen molar-refractivity contribution in [1.29, 1.82) is 0 Å². The quantitative estimate of drug-likeness (QED) is 0.772. The minimum atomic E-state index is 0.681. The molecule has 3 saturated heterocycles. The summed E-state index contributed by atoms with van der Waals surface area (Å²) < 4.78 is 0. The van der Waals surface area contributed by atoms with E-state index in [0.717, 1.165) is 12.0 Å². The molecule has 0 saturated carbocycles. The van der Waals surface area contributed by atoms with Gasteiger partial charge in [-0.05, 0) is 44.5 Å². The molecule has 3 fully saturated rings. The van der Waals surface area contributed by atoms with Crippen LogP contribution in [0.15, 0.2) is 0 Å². The summed E-state index contributed by atoms with van der Waals surface area (Å²) >= 11 is 2.05. The lowest BCUT2D eigenvalue weighted by Gasteiger charge is -2.46. The maximum Gasteiger partial charge on any atom is 0.0226 e. The van der Waals surface area contributed by atoms with Crippen molar-refractivity contribution in [2.24, 2.45) is 5.92 Å². The van der Waals surface area contributed by atoms with Crippen LogP contribution in [0.1, 0.15) is 26.7 Å². The molecular weight excluding hydrogens is 204 g/mol. The molecule has 2 bridgehead atoms. The first-order valence-corrected chi connectivity index (χ1v) is 7.51. The lowest BCUT2D eigenvalue weighted by atomic mass is 9.84. The second-order valence-electron chi connectivity index (χ2n) is 4.97. The van der Waals surface area contributed by atoms with Crippen LogP contribution in [0.25, 0.3) is 0 Å². The SMILES string of the molecule is CCSCC(C)NC1CN2CCC1CC2. The van der Waals surface area contributed by atoms with Gasteiger partial charge in [-0.25, -0.2) is 0 Å². The van der Waals surface area contributed by atoms with E-state index in [4.69, 9.17) is 0 Å². The van der Waals surface area contributed by atoms with Crippen LogP contribution in [0.5, 0.6) is 0 Å². The number of fused-ring (bicyclic) bond motifs is 3. The highest BCUT2D eigenvalue weighted by atomic mass is 32.2. The maximum absolute atomic E-state index is 3.82. The average molecular weight is 228 g/mol. The molecule has 3 heteroatoms. The van der Waals surface area contributed by atoms with Gasteiger partial charge in [-0.2, -0.15) is 11.8 Å². The molecule has 0 amide bonds. The lowest BCUT2D eigenvalue weighted by Crippen LogP contribution is -2.58. The molecule has 0 aromatic carbocycles. The predicted molar refractivity (Wildman–Crippen MR) is 68.5 cm³/mol. The van der Waals surface area contributed by atoms with Crippen molar-refractivity contribution in [3.8, 4) is 0 Å². The molecule has 1 N–H and O–H groups in total. The Hall–Kier alpha value is 0.270. The van der Waals surface area contributed by atoms with Crippen LogP contribution in [0.4, 0.5) is 0 Å². The van der Waals surface area contributed by atoms with Crippen molar-refractivity contribution in [3.63, 3.8) is 0 Å². The first-order valence-electron chi connectivity index (χ1n) is 6.35. The molecule has 2 unspecified atom stereocenters. The highest BCUT2D eigenvalue weighted by Gasteiger charge is 2.34. The van der Waals surface area contributed by atoms with Gasteiger partial charge in [0.1, 0.15) is 0 Å². The number of hydrogen-bond donors (Lipinski definition) is 1. The fraction of sp³-hybridized carbons (Fsp3) is 1.00. The molecule has 3 aliphatic heterocycles. The van der Waals surface area contributed by atoms with E-state index in [2.05, 4.69) is 24.1 Å². The van der Waals surface area contributed by atoms with Gasteiger partial charge in [-0.15, -0.1) is 0 Å². The van der Waals surface area contributed by atoms with Crippen molar-refractivity contribution in [2.45, 2.75) is 38.8 Å². The first-order chi connectivity index (χ1) is 7.29. The Kier molecular flexibility index (Phi) is 4.35. The monoisotopic (exact) mass is 228 g/mol. The van der Waals surface area contributed by atoms with E-state index in [-0.39, 0.29) is 0 Å². The first kappa shape index (κ1) is 11.7. The third-order valence-corrected chi connectivity index (χ3v) is 4.87. The van der Waals surface area contributed by atoms with Crippen LogP contribution >= 0.6 is 11.8 Å². The van der Waals surface area contributed by atoms with Crippen LogP contribution in [0, 0.1) is 5.92 Å². The summed E-state index contributed by atoms with van der Waals surface area (Å²) in [4.78, 5) is 2.62. The van der Waals surface area contributed by atoms with E-state index in [0.29, 0.717) is 6.04 Å². The third-order valence-electron chi connectivity index (χ3n) is 3.73. The number of nitrogens with one attached hydrogen (secondary N) is 1. The summed E-state index contributed by atoms with van der Waals surface area (Å²) in [6.45, 7) is 8.57. The summed E-state index contributed by atoms with van der Waals surface area (Å²) in [6, 6.07) is 1.46. The van der Waals surface area contributed by atoms with Crippen molar-refractivity contribution in [3.05, 3.63) is 0 Å². The van der Waals surface area contributed by atoms with E-state index in [9.17, 15) is 0 Å². The maximum atomic E-state index is 3.82. The van der Waals surface area contributed by atoms with Crippen molar-refractivity contribution in [2.75, 3.05) is 31.1 Å². The molecule has 88 valence electrons. The molecule has 0 aliphatic carbocycles. The van der Waals surface area contributed by atoms with Gasteiger partial charge in [-0.3, -0.25) is 0 Å². The second kappa shape index (κ2) is 5.55. The Morgan fingerprint density at radius 2 is 2.13 bits per heavy atom. The third kappa shape index (κ3) is 3.11. The second-order valence-corrected chi connectivity index (χ2v) is 6.29. The smallest absolute Gasteiger partial charge is 0.0226 e. The molecule has 3 rings (SSSR count). The Morgan fingerprint density at radius 1 is 1.40 bits per heavy atom. The topological polar surface area (TPSA) is 15.3 Å². The summed E-state index contributed by atoms with van der Waals surface area (Å²) in [6.07, 6.45) is 2.84. The molecule has 3 aliphatic rings. The Morgan fingerprint density at radius 3 is 2.67 bits per heavy atom. The van der Waals surface area contributed by atoms with Gasteiger partial charge in [-0.1, -0.05) is 6.92 Å². The zero-order valence-electron chi connectivity index (χ0n) is 10.0. The lowest BCUT2D eigenvalue weighted by molar-refractivity contribution is 0.0693. The van der Waals surface area contributed by atoms with E-state index < -0.39 is 0 Å². The van der Waals surface area contributed by atoms with Gasteiger partial charge in [0.05, 0.1) is 0 Å². The van der Waals surface area contributed by atoms with Crippen LogP contribution in [-0.4, -0.2) is 48.1 Å². The largest absolute Gasteiger partial charge is 0.309 e. The van der Waals surface area contributed by atoms with Gasteiger partial charge in [0.2, 0.25) is 0 Å². The van der Waals surface area contributed by atoms with Crippen molar-refractivity contribution < 1.29 is 0 Å². The van der Waals surface area contributed by atoms with Gasteiger partial charge < -0.3 is 10.2 Å². The standard InChI is InChI=1S/C12H24N2S/c1-3-15-9-10(2)13-12-8-14-6-4-11(12)5-7-14/h10-13H,3-9H2,1-2H3. The summed E-state index contributed by atoms with van der Waals surface area (Å²) in [5.74, 6) is 3.47. The van der Waals surface area contributed by atoms with E-state index in [1.807, 2.05) is 11.8 Å². The van der Waals surface area contributed by atoms with Crippen LogP contribution in [0.3, 0.4) is 0 Å². The summed E-state index contributed by atoms with van der Waals surface area (Å²) in [7, 11) is 0. The molecule has 3 heterocycles. The van der Waals surface area contributed by atoms with E-state index >= 15 is 0 Å².